The quantitative estimate of drug-likeness (QED) is 0.919. The number of aliphatic hydroxyl groups is 1. The molecule has 2 nitrogen and oxygen atoms in total. The Morgan fingerprint density at radius 3 is 2.45 bits per heavy atom. The van der Waals surface area contributed by atoms with Gasteiger partial charge in [0, 0.05) is 6.04 Å². The molecule has 2 aromatic rings. The topological polar surface area (TPSA) is 23.5 Å². The molecule has 0 bridgehead atoms. The van der Waals surface area contributed by atoms with E-state index >= 15 is 0 Å². The lowest BCUT2D eigenvalue weighted by atomic mass is 9.92. The van der Waals surface area contributed by atoms with Gasteiger partial charge in [-0.1, -0.05) is 48.9 Å². The van der Waals surface area contributed by atoms with Gasteiger partial charge in [-0.05, 0) is 42.6 Å². The third-order valence-electron chi connectivity index (χ3n) is 4.56. The number of halogens is 1. The van der Waals surface area contributed by atoms with Crippen molar-refractivity contribution in [2.45, 2.75) is 31.3 Å². The minimum Gasteiger partial charge on any atom is -0.394 e. The van der Waals surface area contributed by atoms with Crippen molar-refractivity contribution in [1.82, 2.24) is 4.90 Å². The maximum atomic E-state index is 13.2. The third kappa shape index (κ3) is 3.21. The lowest BCUT2D eigenvalue weighted by molar-refractivity contribution is 0.0558. The van der Waals surface area contributed by atoms with Gasteiger partial charge in [-0.3, -0.25) is 4.90 Å². The second kappa shape index (κ2) is 7.03. The van der Waals surface area contributed by atoms with Crippen molar-refractivity contribution in [2.24, 2.45) is 0 Å². The fraction of sp³-hybridized carbons (Fsp3) is 0.368. The summed E-state index contributed by atoms with van der Waals surface area (Å²) in [5, 5.41) is 9.94. The summed E-state index contributed by atoms with van der Waals surface area (Å²) in [7, 11) is 0. The molecule has 2 unspecified atom stereocenters. The smallest absolute Gasteiger partial charge is 0.123 e. The fourth-order valence-corrected chi connectivity index (χ4v) is 3.45. The summed E-state index contributed by atoms with van der Waals surface area (Å²) in [6, 6.07) is 17.2. The fourth-order valence-electron chi connectivity index (χ4n) is 3.45. The highest BCUT2D eigenvalue weighted by Crippen LogP contribution is 2.37. The summed E-state index contributed by atoms with van der Waals surface area (Å²) < 4.78 is 13.2. The van der Waals surface area contributed by atoms with Crippen LogP contribution >= 0.6 is 0 Å². The summed E-state index contributed by atoms with van der Waals surface area (Å²) in [4.78, 5) is 2.37. The Morgan fingerprint density at radius 2 is 1.77 bits per heavy atom. The van der Waals surface area contributed by atoms with Crippen molar-refractivity contribution < 1.29 is 9.50 Å². The molecular formula is C19H22FNO. The maximum absolute atomic E-state index is 13.2. The zero-order valence-corrected chi connectivity index (χ0v) is 12.7. The molecule has 0 saturated carbocycles. The summed E-state index contributed by atoms with van der Waals surface area (Å²) in [6.45, 7) is 1.06. The van der Waals surface area contributed by atoms with Gasteiger partial charge in [0.15, 0.2) is 0 Å². The number of likely N-dealkylation sites (tertiary alicyclic amines) is 1. The summed E-state index contributed by atoms with van der Waals surface area (Å²) in [6.07, 6.45) is 3.36. The van der Waals surface area contributed by atoms with Gasteiger partial charge in [-0.2, -0.15) is 0 Å². The Balaban J connectivity index is 1.89. The molecule has 2 atom stereocenters. The van der Waals surface area contributed by atoms with E-state index in [1.54, 1.807) is 0 Å². The SMILES string of the molecule is OCC(c1ccccc1)N1CCCCC1c1ccc(F)cc1. The monoisotopic (exact) mass is 299 g/mol. The molecule has 0 spiro atoms. The summed E-state index contributed by atoms with van der Waals surface area (Å²) >= 11 is 0. The van der Waals surface area contributed by atoms with Crippen LogP contribution in [0, 0.1) is 5.82 Å². The van der Waals surface area contributed by atoms with Crippen molar-refractivity contribution in [3.05, 3.63) is 71.5 Å². The van der Waals surface area contributed by atoms with Crippen molar-refractivity contribution in [2.75, 3.05) is 13.2 Å². The van der Waals surface area contributed by atoms with E-state index in [0.29, 0.717) is 0 Å². The molecule has 3 heteroatoms. The molecule has 1 heterocycles. The van der Waals surface area contributed by atoms with Crippen molar-refractivity contribution in [1.29, 1.82) is 0 Å². The number of rotatable bonds is 4. The molecule has 1 fully saturated rings. The van der Waals surface area contributed by atoms with Gasteiger partial charge < -0.3 is 5.11 Å². The van der Waals surface area contributed by atoms with E-state index in [9.17, 15) is 9.50 Å². The van der Waals surface area contributed by atoms with E-state index in [2.05, 4.69) is 17.0 Å². The molecule has 1 aliphatic rings. The van der Waals surface area contributed by atoms with Crippen LogP contribution in [0.5, 0.6) is 0 Å². The van der Waals surface area contributed by atoms with Crippen LogP contribution in [0.25, 0.3) is 0 Å². The molecule has 0 amide bonds. The molecule has 0 radical (unpaired) electrons. The van der Waals surface area contributed by atoms with Crippen LogP contribution < -0.4 is 0 Å². The van der Waals surface area contributed by atoms with Gasteiger partial charge >= 0.3 is 0 Å². The van der Waals surface area contributed by atoms with Gasteiger partial charge in [0.25, 0.3) is 0 Å². The normalized spacial score (nSPS) is 20.7. The number of aliphatic hydroxyl groups excluding tert-OH is 1. The Kier molecular flexibility index (Phi) is 4.86. The second-order valence-corrected chi connectivity index (χ2v) is 5.91. The van der Waals surface area contributed by atoms with Crippen LogP contribution in [0.1, 0.15) is 42.5 Å². The molecule has 1 aliphatic heterocycles. The highest BCUT2D eigenvalue weighted by atomic mass is 19.1. The maximum Gasteiger partial charge on any atom is 0.123 e. The van der Waals surface area contributed by atoms with Crippen LogP contribution in [0.15, 0.2) is 54.6 Å². The highest BCUT2D eigenvalue weighted by molar-refractivity contribution is 5.24. The second-order valence-electron chi connectivity index (χ2n) is 5.91. The van der Waals surface area contributed by atoms with Crippen molar-refractivity contribution in [3.63, 3.8) is 0 Å². The van der Waals surface area contributed by atoms with Gasteiger partial charge in [-0.25, -0.2) is 4.39 Å². The summed E-state index contributed by atoms with van der Waals surface area (Å²) in [5.74, 6) is -0.201. The number of hydrogen-bond acceptors (Lipinski definition) is 2. The van der Waals surface area contributed by atoms with Gasteiger partial charge in [0.1, 0.15) is 5.82 Å². The average Bonchev–Trinajstić information content (AvgIpc) is 2.58. The highest BCUT2D eigenvalue weighted by Gasteiger charge is 2.30. The lowest BCUT2D eigenvalue weighted by Crippen LogP contribution is -2.38. The number of piperidine rings is 1. The van der Waals surface area contributed by atoms with Crippen LogP contribution in [-0.4, -0.2) is 23.2 Å². The molecule has 116 valence electrons. The zero-order valence-electron chi connectivity index (χ0n) is 12.7. The van der Waals surface area contributed by atoms with Crippen molar-refractivity contribution in [3.8, 4) is 0 Å². The van der Waals surface area contributed by atoms with Crippen LogP contribution in [0.2, 0.25) is 0 Å². The van der Waals surface area contributed by atoms with E-state index in [4.69, 9.17) is 0 Å². The van der Waals surface area contributed by atoms with E-state index in [0.717, 1.165) is 30.5 Å². The van der Waals surface area contributed by atoms with Gasteiger partial charge in [0.05, 0.1) is 12.6 Å². The van der Waals surface area contributed by atoms with E-state index < -0.39 is 0 Å². The first-order chi connectivity index (χ1) is 10.8. The molecule has 2 aromatic carbocycles. The standard InChI is InChI=1S/C19H22FNO/c20-17-11-9-16(10-12-17)18-8-4-5-13-21(18)19(14-22)15-6-2-1-3-7-15/h1-3,6-7,9-12,18-19,22H,4-5,8,13-14H2. The van der Waals surface area contributed by atoms with E-state index in [1.165, 1.54) is 18.6 Å². The van der Waals surface area contributed by atoms with Crippen LogP contribution in [0.4, 0.5) is 4.39 Å². The Hall–Kier alpha value is -1.71. The average molecular weight is 299 g/mol. The van der Waals surface area contributed by atoms with Gasteiger partial charge in [0.2, 0.25) is 0 Å². The molecule has 1 N–H and O–H groups in total. The number of hydrogen-bond donors (Lipinski definition) is 1. The largest absolute Gasteiger partial charge is 0.394 e. The third-order valence-corrected chi connectivity index (χ3v) is 4.56. The first kappa shape index (κ1) is 15.2. The predicted molar refractivity (Wildman–Crippen MR) is 86.0 cm³/mol. The summed E-state index contributed by atoms with van der Waals surface area (Å²) in [5.41, 5.74) is 2.27. The zero-order chi connectivity index (χ0) is 15.4. The van der Waals surface area contributed by atoms with E-state index in [-0.39, 0.29) is 24.5 Å². The Labute approximate surface area is 131 Å². The van der Waals surface area contributed by atoms with Crippen LogP contribution in [-0.2, 0) is 0 Å². The molecule has 22 heavy (non-hydrogen) atoms. The van der Waals surface area contributed by atoms with Gasteiger partial charge in [-0.15, -0.1) is 0 Å². The number of nitrogens with zero attached hydrogens (tertiary/aromatic N) is 1. The minimum atomic E-state index is -0.201. The minimum absolute atomic E-state index is 0.00319. The van der Waals surface area contributed by atoms with E-state index in [1.807, 2.05) is 30.3 Å². The first-order valence-electron chi connectivity index (χ1n) is 7.96. The predicted octanol–water partition coefficient (Wildman–Crippen LogP) is 4.09. The van der Waals surface area contributed by atoms with Crippen LogP contribution in [0.3, 0.4) is 0 Å². The molecule has 0 aromatic heterocycles. The van der Waals surface area contributed by atoms with Crippen molar-refractivity contribution >= 4 is 0 Å². The molecule has 0 aliphatic carbocycles. The Bertz CT molecular complexity index is 584. The molecule has 3 rings (SSSR count). The molecule has 1 saturated heterocycles. The first-order valence-corrected chi connectivity index (χ1v) is 7.96. The lowest BCUT2D eigenvalue weighted by Gasteiger charge is -2.41. The Morgan fingerprint density at radius 1 is 1.05 bits per heavy atom. The number of benzene rings is 2. The molecular weight excluding hydrogens is 277 g/mol.